The number of aliphatic carboxylic acids is 1. The fraction of sp³-hybridized carbons (Fsp3) is 0.529. The van der Waals surface area contributed by atoms with Crippen molar-refractivity contribution < 1.29 is 19.4 Å². The number of hydrogen-bond donors (Lipinski definition) is 1. The molecular formula is C17H24O4. The third-order valence-corrected chi connectivity index (χ3v) is 3.31. The average Bonchev–Trinajstić information content (AvgIpc) is 2.37. The number of ether oxygens (including phenoxy) is 1. The number of rotatable bonds is 7. The van der Waals surface area contributed by atoms with E-state index in [-0.39, 0.29) is 17.6 Å². The van der Waals surface area contributed by atoms with Crippen LogP contribution in [0.4, 0.5) is 0 Å². The zero-order valence-electron chi connectivity index (χ0n) is 13.4. The summed E-state index contributed by atoms with van der Waals surface area (Å²) in [5.74, 6) is -0.252. The zero-order chi connectivity index (χ0) is 16.2. The summed E-state index contributed by atoms with van der Waals surface area (Å²) in [6.07, 6.45) is -0.483. The topological polar surface area (TPSA) is 63.6 Å². The molecule has 0 aliphatic carbocycles. The van der Waals surface area contributed by atoms with Crippen molar-refractivity contribution in [1.82, 2.24) is 0 Å². The molecule has 0 aromatic heterocycles. The minimum atomic E-state index is -1.11. The predicted molar refractivity (Wildman–Crippen MR) is 82.4 cm³/mol. The molecule has 0 amide bonds. The van der Waals surface area contributed by atoms with Gasteiger partial charge in [0, 0.05) is 5.56 Å². The molecule has 4 heteroatoms. The fourth-order valence-electron chi connectivity index (χ4n) is 2.24. The molecule has 0 saturated heterocycles. The lowest BCUT2D eigenvalue weighted by molar-refractivity contribution is -0.135. The van der Waals surface area contributed by atoms with E-state index in [0.717, 1.165) is 16.9 Å². The molecule has 0 aliphatic rings. The second-order valence-electron chi connectivity index (χ2n) is 5.72. The highest BCUT2D eigenvalue weighted by atomic mass is 16.5. The quantitative estimate of drug-likeness (QED) is 0.609. The van der Waals surface area contributed by atoms with E-state index in [9.17, 15) is 9.59 Å². The number of carbonyl (C=O) groups is 2. The van der Waals surface area contributed by atoms with Gasteiger partial charge in [-0.05, 0) is 42.0 Å². The van der Waals surface area contributed by atoms with Crippen LogP contribution >= 0.6 is 0 Å². The van der Waals surface area contributed by atoms with Crippen LogP contribution in [-0.4, -0.2) is 23.5 Å². The maximum absolute atomic E-state index is 12.1. The number of carboxylic acid groups (broad SMARTS) is 1. The van der Waals surface area contributed by atoms with E-state index < -0.39 is 12.4 Å². The predicted octanol–water partition coefficient (Wildman–Crippen LogP) is 3.99. The van der Waals surface area contributed by atoms with E-state index >= 15 is 0 Å². The third-order valence-electron chi connectivity index (χ3n) is 3.31. The van der Waals surface area contributed by atoms with Gasteiger partial charge in [-0.15, -0.1) is 0 Å². The Kier molecular flexibility index (Phi) is 5.94. The van der Waals surface area contributed by atoms with Crippen molar-refractivity contribution in [3.8, 4) is 5.75 Å². The first-order valence-electron chi connectivity index (χ1n) is 7.33. The molecule has 1 aromatic carbocycles. The fourth-order valence-corrected chi connectivity index (χ4v) is 2.24. The Morgan fingerprint density at radius 1 is 1.10 bits per heavy atom. The van der Waals surface area contributed by atoms with Crippen molar-refractivity contribution in [1.29, 1.82) is 0 Å². The van der Waals surface area contributed by atoms with Gasteiger partial charge in [-0.1, -0.05) is 27.7 Å². The standard InChI is InChI=1S/C17H24O4/c1-6-21-17-13(10(2)3)7-12(8-14(17)11(4)5)15(18)9-16(19)20/h7-8,10-11H,6,9H2,1-5H3,(H,19,20). The molecule has 0 fully saturated rings. The molecule has 0 radical (unpaired) electrons. The summed E-state index contributed by atoms with van der Waals surface area (Å²) in [4.78, 5) is 22.8. The number of benzene rings is 1. The summed E-state index contributed by atoms with van der Waals surface area (Å²) in [5, 5.41) is 8.80. The molecule has 0 spiro atoms. The minimum absolute atomic E-state index is 0.196. The van der Waals surface area contributed by atoms with Crippen molar-refractivity contribution in [2.24, 2.45) is 0 Å². The number of hydrogen-bond acceptors (Lipinski definition) is 3. The summed E-state index contributed by atoms with van der Waals surface area (Å²) < 4.78 is 5.78. The molecule has 116 valence electrons. The molecule has 4 nitrogen and oxygen atoms in total. The third kappa shape index (κ3) is 4.31. The lowest BCUT2D eigenvalue weighted by Crippen LogP contribution is -2.11. The van der Waals surface area contributed by atoms with Crippen molar-refractivity contribution in [3.05, 3.63) is 28.8 Å². The lowest BCUT2D eigenvalue weighted by atomic mass is 9.90. The monoisotopic (exact) mass is 292 g/mol. The van der Waals surface area contributed by atoms with E-state index in [1.54, 1.807) is 12.1 Å². The van der Waals surface area contributed by atoms with Crippen LogP contribution < -0.4 is 4.74 Å². The molecule has 0 unspecified atom stereocenters. The number of Topliss-reactive ketones (excluding diaryl/α,β-unsaturated/α-hetero) is 1. The first kappa shape index (κ1) is 17.2. The largest absolute Gasteiger partial charge is 0.493 e. The van der Waals surface area contributed by atoms with Crippen LogP contribution in [0.2, 0.25) is 0 Å². The Morgan fingerprint density at radius 2 is 1.57 bits per heavy atom. The maximum atomic E-state index is 12.1. The van der Waals surface area contributed by atoms with E-state index in [0.29, 0.717) is 12.2 Å². The summed E-state index contributed by atoms with van der Waals surface area (Å²) in [5.41, 5.74) is 2.36. The van der Waals surface area contributed by atoms with Crippen LogP contribution in [0.25, 0.3) is 0 Å². The van der Waals surface area contributed by atoms with Gasteiger partial charge in [0.05, 0.1) is 6.61 Å². The van der Waals surface area contributed by atoms with Gasteiger partial charge in [0.2, 0.25) is 0 Å². The highest BCUT2D eigenvalue weighted by Crippen LogP contribution is 2.36. The summed E-state index contributed by atoms with van der Waals surface area (Å²) >= 11 is 0. The van der Waals surface area contributed by atoms with E-state index in [4.69, 9.17) is 9.84 Å². The first-order valence-corrected chi connectivity index (χ1v) is 7.33. The minimum Gasteiger partial charge on any atom is -0.493 e. The van der Waals surface area contributed by atoms with Crippen molar-refractivity contribution in [2.75, 3.05) is 6.61 Å². The molecule has 1 N–H and O–H groups in total. The van der Waals surface area contributed by atoms with Gasteiger partial charge in [0.15, 0.2) is 5.78 Å². The van der Waals surface area contributed by atoms with E-state index in [1.165, 1.54) is 0 Å². The molecule has 1 aromatic rings. The Balaban J connectivity index is 3.42. The van der Waals surface area contributed by atoms with Crippen LogP contribution in [0.15, 0.2) is 12.1 Å². The van der Waals surface area contributed by atoms with Crippen LogP contribution in [0.1, 0.15) is 74.4 Å². The zero-order valence-corrected chi connectivity index (χ0v) is 13.4. The van der Waals surface area contributed by atoms with Gasteiger partial charge < -0.3 is 9.84 Å². The summed E-state index contributed by atoms with van der Waals surface area (Å²) in [6, 6.07) is 3.54. The average molecular weight is 292 g/mol. The smallest absolute Gasteiger partial charge is 0.311 e. The van der Waals surface area contributed by atoms with Gasteiger partial charge in [-0.25, -0.2) is 0 Å². The van der Waals surface area contributed by atoms with E-state index in [2.05, 4.69) is 0 Å². The Labute approximate surface area is 126 Å². The Morgan fingerprint density at radius 3 is 1.90 bits per heavy atom. The van der Waals surface area contributed by atoms with Gasteiger partial charge >= 0.3 is 5.97 Å². The molecule has 0 saturated carbocycles. The second-order valence-corrected chi connectivity index (χ2v) is 5.72. The van der Waals surface area contributed by atoms with Crippen LogP contribution in [0.5, 0.6) is 5.75 Å². The molecule has 0 aliphatic heterocycles. The van der Waals surface area contributed by atoms with Crippen LogP contribution in [0.3, 0.4) is 0 Å². The van der Waals surface area contributed by atoms with Crippen LogP contribution in [0, 0.1) is 0 Å². The molecular weight excluding hydrogens is 268 g/mol. The number of carboxylic acids is 1. The molecule has 0 atom stereocenters. The van der Waals surface area contributed by atoms with Crippen molar-refractivity contribution >= 4 is 11.8 Å². The summed E-state index contributed by atoms with van der Waals surface area (Å²) in [7, 11) is 0. The lowest BCUT2D eigenvalue weighted by Gasteiger charge is -2.21. The van der Waals surface area contributed by atoms with Crippen molar-refractivity contribution in [2.45, 2.75) is 52.9 Å². The highest BCUT2D eigenvalue weighted by molar-refractivity contribution is 6.05. The maximum Gasteiger partial charge on any atom is 0.311 e. The van der Waals surface area contributed by atoms with Gasteiger partial charge in [-0.2, -0.15) is 0 Å². The molecule has 0 bridgehead atoms. The van der Waals surface area contributed by atoms with Crippen LogP contribution in [-0.2, 0) is 4.79 Å². The van der Waals surface area contributed by atoms with Gasteiger partial charge in [0.1, 0.15) is 12.2 Å². The number of carbonyl (C=O) groups excluding carboxylic acids is 1. The number of ketones is 1. The van der Waals surface area contributed by atoms with Crippen molar-refractivity contribution in [3.63, 3.8) is 0 Å². The van der Waals surface area contributed by atoms with E-state index in [1.807, 2.05) is 34.6 Å². The summed E-state index contributed by atoms with van der Waals surface area (Å²) in [6.45, 7) is 10.6. The molecule has 1 rings (SSSR count). The SMILES string of the molecule is CCOc1c(C(C)C)cc(C(=O)CC(=O)O)cc1C(C)C. The normalized spacial score (nSPS) is 11.0. The Bertz CT molecular complexity index is 501. The second kappa shape index (κ2) is 7.25. The first-order chi connectivity index (χ1) is 9.77. The molecule has 21 heavy (non-hydrogen) atoms. The highest BCUT2D eigenvalue weighted by Gasteiger charge is 2.20. The Hall–Kier alpha value is -1.84. The van der Waals surface area contributed by atoms with Gasteiger partial charge in [-0.3, -0.25) is 9.59 Å². The molecule has 0 heterocycles. The van der Waals surface area contributed by atoms with Gasteiger partial charge in [0.25, 0.3) is 0 Å².